The first-order valence-corrected chi connectivity index (χ1v) is 7.69. The number of hydrogen-bond acceptors (Lipinski definition) is 2. The Balaban J connectivity index is 2.47. The molecule has 96 valence electrons. The lowest BCUT2D eigenvalue weighted by molar-refractivity contribution is 0.573. The number of aromatic nitrogens is 1. The van der Waals surface area contributed by atoms with Crippen LogP contribution < -0.4 is 0 Å². The lowest BCUT2D eigenvalue weighted by atomic mass is 9.93. The third kappa shape index (κ3) is 2.67. The van der Waals surface area contributed by atoms with E-state index in [2.05, 4.69) is 68.1 Å². The molecule has 1 aromatic carbocycles. The number of hydrogen-bond donors (Lipinski definition) is 0. The summed E-state index contributed by atoms with van der Waals surface area (Å²) in [6, 6.07) is 4.39. The summed E-state index contributed by atoms with van der Waals surface area (Å²) in [6.07, 6.45) is 0. The number of halogens is 1. The maximum Gasteiger partial charge on any atom is 0.123 e. The maximum atomic E-state index is 4.77. The molecule has 18 heavy (non-hydrogen) atoms. The van der Waals surface area contributed by atoms with E-state index in [1.807, 2.05) is 0 Å². The Labute approximate surface area is 121 Å². The fourth-order valence-corrected chi connectivity index (χ4v) is 3.08. The van der Waals surface area contributed by atoms with Crippen molar-refractivity contribution >= 4 is 27.3 Å². The number of aryl methyl sites for hydroxylation is 2. The van der Waals surface area contributed by atoms with Gasteiger partial charge in [-0.15, -0.1) is 11.3 Å². The van der Waals surface area contributed by atoms with Gasteiger partial charge in [0.25, 0.3) is 0 Å². The molecule has 0 saturated carbocycles. The number of benzene rings is 1. The molecule has 2 rings (SSSR count). The van der Waals surface area contributed by atoms with Crippen LogP contribution in [0.2, 0.25) is 0 Å². The second-order valence-electron chi connectivity index (χ2n) is 5.71. The van der Waals surface area contributed by atoms with Crippen LogP contribution in [0, 0.1) is 13.8 Å². The minimum atomic E-state index is 0.119. The summed E-state index contributed by atoms with van der Waals surface area (Å²) in [7, 11) is 0. The fourth-order valence-electron chi connectivity index (χ4n) is 1.82. The van der Waals surface area contributed by atoms with Crippen molar-refractivity contribution in [1.29, 1.82) is 0 Å². The Morgan fingerprint density at radius 3 is 2.11 bits per heavy atom. The van der Waals surface area contributed by atoms with Crippen molar-refractivity contribution in [1.82, 2.24) is 4.98 Å². The predicted molar refractivity (Wildman–Crippen MR) is 83.4 cm³/mol. The normalized spacial score (nSPS) is 11.9. The zero-order valence-corrected chi connectivity index (χ0v) is 13.9. The summed E-state index contributed by atoms with van der Waals surface area (Å²) >= 11 is 5.33. The Morgan fingerprint density at radius 1 is 1.11 bits per heavy atom. The van der Waals surface area contributed by atoms with E-state index in [0.717, 1.165) is 5.01 Å². The van der Waals surface area contributed by atoms with E-state index >= 15 is 0 Å². The van der Waals surface area contributed by atoms with Crippen LogP contribution in [0.5, 0.6) is 0 Å². The molecule has 0 radical (unpaired) electrons. The zero-order valence-electron chi connectivity index (χ0n) is 11.5. The lowest BCUT2D eigenvalue weighted by Crippen LogP contribution is -2.11. The molecule has 0 aliphatic carbocycles. The Bertz CT molecular complexity index is 555. The van der Waals surface area contributed by atoms with E-state index in [-0.39, 0.29) is 5.41 Å². The molecule has 0 amide bonds. The van der Waals surface area contributed by atoms with E-state index in [9.17, 15) is 0 Å². The van der Waals surface area contributed by atoms with E-state index in [4.69, 9.17) is 4.98 Å². The van der Waals surface area contributed by atoms with Crippen molar-refractivity contribution in [2.45, 2.75) is 40.0 Å². The molecule has 1 aromatic heterocycles. The Kier molecular flexibility index (Phi) is 3.65. The molecule has 0 fully saturated rings. The van der Waals surface area contributed by atoms with Crippen LogP contribution >= 0.6 is 27.3 Å². The quantitative estimate of drug-likeness (QED) is 0.676. The van der Waals surface area contributed by atoms with Crippen molar-refractivity contribution < 1.29 is 0 Å². The van der Waals surface area contributed by atoms with Gasteiger partial charge in [0.05, 0.1) is 5.69 Å². The van der Waals surface area contributed by atoms with Gasteiger partial charge in [0.2, 0.25) is 0 Å². The SMILES string of the molecule is Cc1cc(-c2nc(C(C)(C)C)cs2)cc(C)c1Br. The molecule has 0 aliphatic rings. The second kappa shape index (κ2) is 4.78. The van der Waals surface area contributed by atoms with E-state index in [1.54, 1.807) is 11.3 Å². The van der Waals surface area contributed by atoms with Gasteiger partial charge in [0.15, 0.2) is 0 Å². The highest BCUT2D eigenvalue weighted by Gasteiger charge is 2.18. The van der Waals surface area contributed by atoms with Crippen molar-refractivity contribution in [3.63, 3.8) is 0 Å². The number of nitrogens with zero attached hydrogens (tertiary/aromatic N) is 1. The molecular weight excluding hydrogens is 306 g/mol. The molecule has 2 aromatic rings. The molecule has 0 N–H and O–H groups in total. The Morgan fingerprint density at radius 2 is 1.67 bits per heavy atom. The Hall–Kier alpha value is -0.670. The van der Waals surface area contributed by atoms with Crippen molar-refractivity contribution in [3.05, 3.63) is 38.8 Å². The molecule has 3 heteroatoms. The molecule has 0 saturated heterocycles. The van der Waals surface area contributed by atoms with Crippen LogP contribution in [-0.2, 0) is 5.41 Å². The standard InChI is InChI=1S/C15H18BrNS/c1-9-6-11(7-10(2)13(9)16)14-17-12(8-18-14)15(3,4)5/h6-8H,1-5H3. The molecule has 1 nitrogen and oxygen atoms in total. The van der Waals surface area contributed by atoms with Gasteiger partial charge in [-0.05, 0) is 37.1 Å². The topological polar surface area (TPSA) is 12.9 Å². The van der Waals surface area contributed by atoms with E-state index in [0.29, 0.717) is 0 Å². The first kappa shape index (κ1) is 13.8. The minimum Gasteiger partial charge on any atom is -0.241 e. The minimum absolute atomic E-state index is 0.119. The molecule has 0 aliphatic heterocycles. The third-order valence-corrected chi connectivity index (χ3v) is 5.10. The van der Waals surface area contributed by atoms with Crippen molar-refractivity contribution in [2.24, 2.45) is 0 Å². The summed E-state index contributed by atoms with van der Waals surface area (Å²) < 4.78 is 1.19. The summed E-state index contributed by atoms with van der Waals surface area (Å²) in [4.78, 5) is 4.77. The predicted octanol–water partition coefficient (Wildman–Crippen LogP) is 5.49. The molecule has 0 unspecified atom stereocenters. The summed E-state index contributed by atoms with van der Waals surface area (Å²) in [5.41, 5.74) is 5.03. The van der Waals surface area contributed by atoms with Crippen LogP contribution in [0.3, 0.4) is 0 Å². The van der Waals surface area contributed by atoms with Crippen LogP contribution in [0.1, 0.15) is 37.6 Å². The first-order chi connectivity index (χ1) is 8.29. The van der Waals surface area contributed by atoms with Crippen LogP contribution in [-0.4, -0.2) is 4.98 Å². The molecule has 0 atom stereocenters. The van der Waals surface area contributed by atoms with E-state index in [1.165, 1.54) is 26.9 Å². The van der Waals surface area contributed by atoms with E-state index < -0.39 is 0 Å². The smallest absolute Gasteiger partial charge is 0.123 e. The van der Waals surface area contributed by atoms with Gasteiger partial charge in [-0.3, -0.25) is 0 Å². The van der Waals surface area contributed by atoms with Gasteiger partial charge in [0.1, 0.15) is 5.01 Å². The maximum absolute atomic E-state index is 4.77. The number of rotatable bonds is 1. The van der Waals surface area contributed by atoms with Gasteiger partial charge in [-0.25, -0.2) is 4.98 Å². The van der Waals surface area contributed by atoms with Gasteiger partial charge < -0.3 is 0 Å². The molecular formula is C15H18BrNS. The van der Waals surface area contributed by atoms with Crippen molar-refractivity contribution in [3.8, 4) is 10.6 Å². The summed E-state index contributed by atoms with van der Waals surface area (Å²) in [5, 5.41) is 3.28. The van der Waals surface area contributed by atoms with Crippen LogP contribution in [0.15, 0.2) is 22.0 Å². The largest absolute Gasteiger partial charge is 0.241 e. The second-order valence-corrected chi connectivity index (χ2v) is 7.36. The fraction of sp³-hybridized carbons (Fsp3) is 0.400. The van der Waals surface area contributed by atoms with Gasteiger partial charge >= 0.3 is 0 Å². The highest BCUT2D eigenvalue weighted by Crippen LogP contribution is 2.33. The summed E-state index contributed by atoms with van der Waals surface area (Å²) in [5.74, 6) is 0. The zero-order chi connectivity index (χ0) is 13.5. The average Bonchev–Trinajstić information content (AvgIpc) is 2.73. The molecule has 0 bridgehead atoms. The van der Waals surface area contributed by atoms with Gasteiger partial charge in [-0.2, -0.15) is 0 Å². The lowest BCUT2D eigenvalue weighted by Gasteiger charge is -2.14. The highest BCUT2D eigenvalue weighted by atomic mass is 79.9. The summed E-state index contributed by atoms with van der Waals surface area (Å²) in [6.45, 7) is 10.8. The highest BCUT2D eigenvalue weighted by molar-refractivity contribution is 9.10. The number of thiazole rings is 1. The van der Waals surface area contributed by atoms with Gasteiger partial charge in [0, 0.05) is 20.8 Å². The third-order valence-electron chi connectivity index (χ3n) is 2.96. The molecule has 1 heterocycles. The van der Waals surface area contributed by atoms with Crippen molar-refractivity contribution in [2.75, 3.05) is 0 Å². The first-order valence-electron chi connectivity index (χ1n) is 6.02. The monoisotopic (exact) mass is 323 g/mol. The molecule has 0 spiro atoms. The van der Waals surface area contributed by atoms with Crippen LogP contribution in [0.25, 0.3) is 10.6 Å². The van der Waals surface area contributed by atoms with Crippen LogP contribution in [0.4, 0.5) is 0 Å². The average molecular weight is 324 g/mol. The van der Waals surface area contributed by atoms with Gasteiger partial charge in [-0.1, -0.05) is 36.7 Å².